The third kappa shape index (κ3) is 4.25. The summed E-state index contributed by atoms with van der Waals surface area (Å²) in [5, 5.41) is 2.80. The molecule has 3 N–H and O–H groups in total. The number of anilines is 1. The van der Waals surface area contributed by atoms with E-state index in [1.807, 2.05) is 6.92 Å². The van der Waals surface area contributed by atoms with Gasteiger partial charge in [0.1, 0.15) is 5.75 Å². The molecule has 0 saturated carbocycles. The van der Waals surface area contributed by atoms with Crippen molar-refractivity contribution < 1.29 is 14.3 Å². The fourth-order valence-electron chi connectivity index (χ4n) is 1.49. The number of hydrogen-bond acceptors (Lipinski definition) is 4. The highest BCUT2D eigenvalue weighted by Crippen LogP contribution is 2.19. The van der Waals surface area contributed by atoms with Gasteiger partial charge in [0.2, 0.25) is 0 Å². The Balaban J connectivity index is 2.46. The molecular weight excluding hydrogens is 232 g/mol. The van der Waals surface area contributed by atoms with Crippen LogP contribution >= 0.6 is 0 Å². The molecule has 18 heavy (non-hydrogen) atoms. The van der Waals surface area contributed by atoms with Crippen LogP contribution < -0.4 is 15.8 Å². The van der Waals surface area contributed by atoms with E-state index in [9.17, 15) is 4.79 Å². The second kappa shape index (κ2) is 7.55. The Bertz CT molecular complexity index is 394. The topological polar surface area (TPSA) is 73.6 Å². The molecule has 0 spiro atoms. The van der Waals surface area contributed by atoms with Crippen LogP contribution in [0.1, 0.15) is 23.7 Å². The summed E-state index contributed by atoms with van der Waals surface area (Å²) in [5.74, 6) is 0.465. The van der Waals surface area contributed by atoms with Crippen LogP contribution in [0.3, 0.4) is 0 Å². The van der Waals surface area contributed by atoms with Gasteiger partial charge >= 0.3 is 0 Å². The first-order chi connectivity index (χ1) is 8.69. The molecule has 5 nitrogen and oxygen atoms in total. The van der Waals surface area contributed by atoms with E-state index in [2.05, 4.69) is 5.32 Å². The average Bonchev–Trinajstić information content (AvgIpc) is 2.38. The molecule has 0 heterocycles. The third-order valence-electron chi connectivity index (χ3n) is 2.46. The summed E-state index contributed by atoms with van der Waals surface area (Å²) in [6.07, 6.45) is 0.787. The number of amides is 1. The quantitative estimate of drug-likeness (QED) is 0.569. The van der Waals surface area contributed by atoms with Crippen LogP contribution in [-0.4, -0.2) is 32.8 Å². The molecule has 0 saturated heterocycles. The van der Waals surface area contributed by atoms with Crippen LogP contribution in [0.4, 0.5) is 5.69 Å². The fourth-order valence-corrected chi connectivity index (χ4v) is 1.49. The van der Waals surface area contributed by atoms with E-state index in [0.29, 0.717) is 36.8 Å². The number of methoxy groups -OCH3 is 1. The predicted molar refractivity (Wildman–Crippen MR) is 70.8 cm³/mol. The van der Waals surface area contributed by atoms with E-state index in [-0.39, 0.29) is 5.91 Å². The van der Waals surface area contributed by atoms with Crippen LogP contribution in [0.2, 0.25) is 0 Å². The molecule has 0 atom stereocenters. The van der Waals surface area contributed by atoms with Gasteiger partial charge < -0.3 is 20.5 Å². The number of carbonyl (C=O) groups is 1. The summed E-state index contributed by atoms with van der Waals surface area (Å²) in [7, 11) is 1.56. The Hall–Kier alpha value is -1.75. The molecule has 0 bridgehead atoms. The van der Waals surface area contributed by atoms with Crippen molar-refractivity contribution in [1.29, 1.82) is 0 Å². The minimum absolute atomic E-state index is 0.174. The normalized spacial score (nSPS) is 10.1. The molecule has 1 aromatic rings. The van der Waals surface area contributed by atoms with Crippen molar-refractivity contribution in [2.75, 3.05) is 32.6 Å². The first-order valence-corrected chi connectivity index (χ1v) is 5.98. The van der Waals surface area contributed by atoms with Crippen molar-refractivity contribution in [2.45, 2.75) is 13.3 Å². The second-order valence-corrected chi connectivity index (χ2v) is 3.76. The third-order valence-corrected chi connectivity index (χ3v) is 2.46. The number of hydrogen-bond donors (Lipinski definition) is 2. The Kier molecular flexibility index (Phi) is 6.00. The maximum Gasteiger partial charge on any atom is 0.253 e. The van der Waals surface area contributed by atoms with Crippen LogP contribution in [0.25, 0.3) is 0 Å². The van der Waals surface area contributed by atoms with E-state index in [1.54, 1.807) is 25.3 Å². The van der Waals surface area contributed by atoms with Gasteiger partial charge in [-0.3, -0.25) is 4.79 Å². The van der Waals surface area contributed by atoms with E-state index in [4.69, 9.17) is 15.2 Å². The monoisotopic (exact) mass is 252 g/mol. The molecule has 100 valence electrons. The minimum atomic E-state index is -0.174. The summed E-state index contributed by atoms with van der Waals surface area (Å²) in [4.78, 5) is 11.8. The smallest absolute Gasteiger partial charge is 0.253 e. The van der Waals surface area contributed by atoms with Crippen molar-refractivity contribution in [3.05, 3.63) is 23.8 Å². The molecule has 0 radical (unpaired) electrons. The molecule has 1 aromatic carbocycles. The summed E-state index contributed by atoms with van der Waals surface area (Å²) in [5.41, 5.74) is 6.66. The molecule has 0 aliphatic rings. The molecular formula is C13H20N2O3. The summed E-state index contributed by atoms with van der Waals surface area (Å²) >= 11 is 0. The van der Waals surface area contributed by atoms with E-state index in [0.717, 1.165) is 6.42 Å². The highest BCUT2D eigenvalue weighted by atomic mass is 16.5. The van der Waals surface area contributed by atoms with Crippen molar-refractivity contribution in [2.24, 2.45) is 0 Å². The maximum atomic E-state index is 11.8. The maximum absolute atomic E-state index is 11.8. The van der Waals surface area contributed by atoms with Gasteiger partial charge in [0.25, 0.3) is 5.91 Å². The highest BCUT2D eigenvalue weighted by Gasteiger charge is 2.09. The first kappa shape index (κ1) is 14.3. The molecule has 1 rings (SSSR count). The number of nitrogen functional groups attached to an aromatic ring is 1. The lowest BCUT2D eigenvalue weighted by molar-refractivity contribution is 0.0945. The standard InChI is InChI=1S/C13H20N2O3/c1-3-18-8-4-7-15-13(16)11-6-5-10(17-2)9-12(11)14/h5-6,9H,3-4,7-8,14H2,1-2H3,(H,15,16). The summed E-state index contributed by atoms with van der Waals surface area (Å²) in [6, 6.07) is 5.01. The van der Waals surface area contributed by atoms with E-state index < -0.39 is 0 Å². The van der Waals surface area contributed by atoms with Gasteiger partial charge in [-0.15, -0.1) is 0 Å². The summed E-state index contributed by atoms with van der Waals surface area (Å²) in [6.45, 7) is 3.86. The lowest BCUT2D eigenvalue weighted by Crippen LogP contribution is -2.26. The van der Waals surface area contributed by atoms with Crippen LogP contribution in [0.15, 0.2) is 18.2 Å². The van der Waals surface area contributed by atoms with Crippen LogP contribution in [-0.2, 0) is 4.74 Å². The van der Waals surface area contributed by atoms with Crippen molar-refractivity contribution >= 4 is 11.6 Å². The predicted octanol–water partition coefficient (Wildman–Crippen LogP) is 1.43. The Morgan fingerprint density at radius 2 is 2.22 bits per heavy atom. The zero-order chi connectivity index (χ0) is 13.4. The Morgan fingerprint density at radius 1 is 1.44 bits per heavy atom. The largest absolute Gasteiger partial charge is 0.497 e. The first-order valence-electron chi connectivity index (χ1n) is 5.98. The van der Waals surface area contributed by atoms with Gasteiger partial charge in [-0.2, -0.15) is 0 Å². The van der Waals surface area contributed by atoms with Crippen molar-refractivity contribution in [3.63, 3.8) is 0 Å². The van der Waals surface area contributed by atoms with Gasteiger partial charge in [-0.25, -0.2) is 0 Å². The molecule has 0 aliphatic heterocycles. The lowest BCUT2D eigenvalue weighted by atomic mass is 10.1. The number of benzene rings is 1. The highest BCUT2D eigenvalue weighted by molar-refractivity contribution is 5.99. The number of nitrogens with two attached hydrogens (primary N) is 1. The molecule has 0 aromatic heterocycles. The fraction of sp³-hybridized carbons (Fsp3) is 0.462. The van der Waals surface area contributed by atoms with Gasteiger partial charge in [0, 0.05) is 31.5 Å². The zero-order valence-corrected chi connectivity index (χ0v) is 10.9. The van der Waals surface area contributed by atoms with Gasteiger partial charge in [0.15, 0.2) is 0 Å². The van der Waals surface area contributed by atoms with Crippen LogP contribution in [0.5, 0.6) is 5.75 Å². The van der Waals surface area contributed by atoms with Crippen molar-refractivity contribution in [1.82, 2.24) is 5.32 Å². The SMILES string of the molecule is CCOCCCNC(=O)c1ccc(OC)cc1N. The van der Waals surface area contributed by atoms with Gasteiger partial charge in [0.05, 0.1) is 12.7 Å². The van der Waals surface area contributed by atoms with Crippen molar-refractivity contribution in [3.8, 4) is 5.75 Å². The molecule has 5 heteroatoms. The molecule has 0 unspecified atom stereocenters. The molecule has 0 fully saturated rings. The molecule has 0 aliphatic carbocycles. The number of rotatable bonds is 7. The average molecular weight is 252 g/mol. The summed E-state index contributed by atoms with van der Waals surface area (Å²) < 4.78 is 10.2. The number of ether oxygens (including phenoxy) is 2. The Morgan fingerprint density at radius 3 is 2.83 bits per heavy atom. The van der Waals surface area contributed by atoms with E-state index >= 15 is 0 Å². The van der Waals surface area contributed by atoms with E-state index in [1.165, 1.54) is 0 Å². The number of nitrogens with one attached hydrogen (secondary N) is 1. The lowest BCUT2D eigenvalue weighted by Gasteiger charge is -2.09. The second-order valence-electron chi connectivity index (χ2n) is 3.76. The van der Waals surface area contributed by atoms with Gasteiger partial charge in [-0.1, -0.05) is 0 Å². The van der Waals surface area contributed by atoms with Gasteiger partial charge in [-0.05, 0) is 25.5 Å². The Labute approximate surface area is 107 Å². The van der Waals surface area contributed by atoms with Crippen LogP contribution in [0, 0.1) is 0 Å². The minimum Gasteiger partial charge on any atom is -0.497 e. The molecule has 1 amide bonds. The zero-order valence-electron chi connectivity index (χ0n) is 10.9. The number of carbonyl (C=O) groups excluding carboxylic acids is 1.